The molecule has 6 heteroatoms. The monoisotopic (exact) mass is 357 g/mol. The van der Waals surface area contributed by atoms with Crippen LogP contribution in [0.4, 0.5) is 0 Å². The van der Waals surface area contributed by atoms with E-state index in [0.29, 0.717) is 32.5 Å². The van der Waals surface area contributed by atoms with E-state index in [1.54, 1.807) is 22.4 Å². The second-order valence-corrected chi connectivity index (χ2v) is 7.25. The zero-order valence-electron chi connectivity index (χ0n) is 14.4. The molecule has 0 saturated carbocycles. The SMILES string of the molecule is CN(Cc1ccsc1)C(=O)[C@H]1CCC(=O)N(CCc2ccccn2)C1. The fraction of sp³-hybridized carbons (Fsp3) is 0.421. The number of carbonyl (C=O) groups excluding carboxylic acids is 2. The van der Waals surface area contributed by atoms with Gasteiger partial charge in [-0.1, -0.05) is 6.07 Å². The van der Waals surface area contributed by atoms with E-state index in [9.17, 15) is 9.59 Å². The first-order valence-electron chi connectivity index (χ1n) is 8.57. The van der Waals surface area contributed by atoms with E-state index in [2.05, 4.69) is 10.4 Å². The van der Waals surface area contributed by atoms with E-state index in [1.165, 1.54) is 0 Å². The molecule has 0 spiro atoms. The van der Waals surface area contributed by atoms with Crippen molar-refractivity contribution in [2.45, 2.75) is 25.8 Å². The summed E-state index contributed by atoms with van der Waals surface area (Å²) in [6.45, 7) is 1.76. The molecule has 0 bridgehead atoms. The summed E-state index contributed by atoms with van der Waals surface area (Å²) in [7, 11) is 1.84. The maximum atomic E-state index is 12.7. The molecule has 0 aliphatic carbocycles. The Kier molecular flexibility index (Phi) is 5.81. The summed E-state index contributed by atoms with van der Waals surface area (Å²) in [6.07, 6.45) is 3.58. The van der Waals surface area contributed by atoms with Gasteiger partial charge in [-0.2, -0.15) is 11.3 Å². The van der Waals surface area contributed by atoms with Gasteiger partial charge in [-0.05, 0) is 40.9 Å². The van der Waals surface area contributed by atoms with Gasteiger partial charge in [0.2, 0.25) is 11.8 Å². The van der Waals surface area contributed by atoms with Crippen molar-refractivity contribution in [1.82, 2.24) is 14.8 Å². The Balaban J connectivity index is 1.55. The van der Waals surface area contributed by atoms with Crippen LogP contribution in [0.1, 0.15) is 24.1 Å². The quantitative estimate of drug-likeness (QED) is 0.798. The minimum absolute atomic E-state index is 0.106. The lowest BCUT2D eigenvalue weighted by Gasteiger charge is -2.33. The molecule has 2 amide bonds. The summed E-state index contributed by atoms with van der Waals surface area (Å²) in [5.41, 5.74) is 2.12. The van der Waals surface area contributed by atoms with Crippen molar-refractivity contribution in [3.8, 4) is 0 Å². The van der Waals surface area contributed by atoms with Crippen LogP contribution >= 0.6 is 11.3 Å². The first kappa shape index (κ1) is 17.6. The highest BCUT2D eigenvalue weighted by atomic mass is 32.1. The van der Waals surface area contributed by atoms with Gasteiger partial charge in [-0.3, -0.25) is 14.6 Å². The zero-order chi connectivity index (χ0) is 17.6. The Labute approximate surface area is 152 Å². The summed E-state index contributed by atoms with van der Waals surface area (Å²) >= 11 is 1.64. The topological polar surface area (TPSA) is 53.5 Å². The molecule has 2 aromatic rings. The fourth-order valence-corrected chi connectivity index (χ4v) is 3.83. The molecule has 1 atom stereocenters. The Hall–Kier alpha value is -2.21. The molecule has 25 heavy (non-hydrogen) atoms. The first-order chi connectivity index (χ1) is 12.1. The normalized spacial score (nSPS) is 17.6. The summed E-state index contributed by atoms with van der Waals surface area (Å²) in [5, 5.41) is 4.08. The summed E-state index contributed by atoms with van der Waals surface area (Å²) < 4.78 is 0. The number of likely N-dealkylation sites (tertiary alicyclic amines) is 1. The van der Waals surface area contributed by atoms with E-state index in [-0.39, 0.29) is 17.7 Å². The number of pyridine rings is 1. The molecule has 132 valence electrons. The van der Waals surface area contributed by atoms with Gasteiger partial charge in [-0.25, -0.2) is 0 Å². The van der Waals surface area contributed by atoms with Crippen LogP contribution in [0.15, 0.2) is 41.2 Å². The molecule has 3 heterocycles. The van der Waals surface area contributed by atoms with Crippen LogP contribution in [0, 0.1) is 5.92 Å². The van der Waals surface area contributed by atoms with E-state index >= 15 is 0 Å². The summed E-state index contributed by atoms with van der Waals surface area (Å²) in [5.74, 6) is 0.159. The molecule has 0 unspecified atom stereocenters. The maximum Gasteiger partial charge on any atom is 0.227 e. The minimum atomic E-state index is -0.106. The molecule has 0 aromatic carbocycles. The van der Waals surface area contributed by atoms with Crippen LogP contribution in [-0.2, 0) is 22.6 Å². The molecule has 3 rings (SSSR count). The lowest BCUT2D eigenvalue weighted by Crippen LogP contribution is -2.46. The highest BCUT2D eigenvalue weighted by molar-refractivity contribution is 7.07. The number of amides is 2. The Morgan fingerprint density at radius 3 is 3.00 bits per heavy atom. The smallest absolute Gasteiger partial charge is 0.227 e. The largest absolute Gasteiger partial charge is 0.342 e. The predicted molar refractivity (Wildman–Crippen MR) is 98.0 cm³/mol. The fourth-order valence-electron chi connectivity index (χ4n) is 3.17. The number of nitrogens with zero attached hydrogens (tertiary/aromatic N) is 3. The third-order valence-corrected chi connectivity index (χ3v) is 5.32. The molecule has 5 nitrogen and oxygen atoms in total. The van der Waals surface area contributed by atoms with E-state index in [1.807, 2.05) is 41.6 Å². The first-order valence-corrected chi connectivity index (χ1v) is 9.51. The van der Waals surface area contributed by atoms with Crippen LogP contribution in [0.3, 0.4) is 0 Å². The number of hydrogen-bond donors (Lipinski definition) is 0. The van der Waals surface area contributed by atoms with E-state index < -0.39 is 0 Å². The Morgan fingerprint density at radius 2 is 2.28 bits per heavy atom. The van der Waals surface area contributed by atoms with Crippen molar-refractivity contribution in [1.29, 1.82) is 0 Å². The number of thiophene rings is 1. The molecule has 1 aliphatic rings. The third-order valence-electron chi connectivity index (χ3n) is 4.59. The summed E-state index contributed by atoms with van der Waals surface area (Å²) in [4.78, 5) is 32.8. The van der Waals surface area contributed by atoms with E-state index in [4.69, 9.17) is 0 Å². The number of rotatable bonds is 6. The molecule has 0 radical (unpaired) electrons. The average Bonchev–Trinajstić information content (AvgIpc) is 3.14. The zero-order valence-corrected chi connectivity index (χ0v) is 15.2. The van der Waals surface area contributed by atoms with Crippen molar-refractivity contribution >= 4 is 23.2 Å². The van der Waals surface area contributed by atoms with Gasteiger partial charge in [0.15, 0.2) is 0 Å². The highest BCUT2D eigenvalue weighted by Crippen LogP contribution is 2.21. The van der Waals surface area contributed by atoms with Crippen molar-refractivity contribution in [3.63, 3.8) is 0 Å². The van der Waals surface area contributed by atoms with Crippen molar-refractivity contribution in [2.24, 2.45) is 5.92 Å². The van der Waals surface area contributed by atoms with Crippen LogP contribution in [0.2, 0.25) is 0 Å². The van der Waals surface area contributed by atoms with Gasteiger partial charge in [0.1, 0.15) is 0 Å². The lowest BCUT2D eigenvalue weighted by molar-refractivity contribution is -0.142. The number of carbonyl (C=O) groups is 2. The van der Waals surface area contributed by atoms with Gasteiger partial charge in [0, 0.05) is 51.4 Å². The van der Waals surface area contributed by atoms with Crippen LogP contribution in [0.25, 0.3) is 0 Å². The van der Waals surface area contributed by atoms with E-state index in [0.717, 1.165) is 17.7 Å². The summed E-state index contributed by atoms with van der Waals surface area (Å²) in [6, 6.07) is 7.84. The third kappa shape index (κ3) is 4.66. The number of aromatic nitrogens is 1. The Bertz CT molecular complexity index is 703. The van der Waals surface area contributed by atoms with Crippen LogP contribution < -0.4 is 0 Å². The van der Waals surface area contributed by atoms with Gasteiger partial charge in [0.25, 0.3) is 0 Å². The molecule has 1 saturated heterocycles. The molecular formula is C19H23N3O2S. The maximum absolute atomic E-state index is 12.7. The van der Waals surface area contributed by atoms with Crippen LogP contribution in [0.5, 0.6) is 0 Å². The second-order valence-electron chi connectivity index (χ2n) is 6.47. The van der Waals surface area contributed by atoms with Gasteiger partial charge in [0.05, 0.1) is 5.92 Å². The van der Waals surface area contributed by atoms with Crippen molar-refractivity contribution in [2.75, 3.05) is 20.1 Å². The number of hydrogen-bond acceptors (Lipinski definition) is 4. The standard InChI is InChI=1S/C19H23N3O2S/c1-21(12-15-8-11-25-14-15)19(24)16-5-6-18(23)22(13-16)10-7-17-4-2-3-9-20-17/h2-4,8-9,11,14,16H,5-7,10,12-13H2,1H3/t16-/m0/s1. The molecular weight excluding hydrogens is 334 g/mol. The molecule has 1 aliphatic heterocycles. The highest BCUT2D eigenvalue weighted by Gasteiger charge is 2.31. The Morgan fingerprint density at radius 1 is 1.40 bits per heavy atom. The second kappa shape index (κ2) is 8.25. The lowest BCUT2D eigenvalue weighted by atomic mass is 9.95. The van der Waals surface area contributed by atoms with Gasteiger partial charge < -0.3 is 9.80 Å². The molecule has 1 fully saturated rings. The molecule has 0 N–H and O–H groups in total. The van der Waals surface area contributed by atoms with Crippen LogP contribution in [-0.4, -0.2) is 46.7 Å². The van der Waals surface area contributed by atoms with Gasteiger partial charge in [-0.15, -0.1) is 0 Å². The predicted octanol–water partition coefficient (Wildman–Crippen LogP) is 2.58. The minimum Gasteiger partial charge on any atom is -0.342 e. The van der Waals surface area contributed by atoms with Crippen molar-refractivity contribution < 1.29 is 9.59 Å². The molecule has 2 aromatic heterocycles. The van der Waals surface area contributed by atoms with Crippen molar-refractivity contribution in [3.05, 3.63) is 52.5 Å². The average molecular weight is 357 g/mol. The number of piperidine rings is 1. The van der Waals surface area contributed by atoms with Gasteiger partial charge >= 0.3 is 0 Å².